The molecule has 0 radical (unpaired) electrons. The summed E-state index contributed by atoms with van der Waals surface area (Å²) in [6.07, 6.45) is 1.10. The zero-order chi connectivity index (χ0) is 20.5. The van der Waals surface area contributed by atoms with Gasteiger partial charge in [-0.3, -0.25) is 9.79 Å². The summed E-state index contributed by atoms with van der Waals surface area (Å²) >= 11 is 0. The highest BCUT2D eigenvalue weighted by atomic mass is 16.1. The Morgan fingerprint density at radius 3 is 2.11 bits per heavy atom. The van der Waals surface area contributed by atoms with Crippen LogP contribution in [-0.2, 0) is 13.0 Å². The number of hydrogen-bond acceptors (Lipinski definition) is 2. The maximum absolute atomic E-state index is 11.6. The van der Waals surface area contributed by atoms with Crippen molar-refractivity contribution < 1.29 is 4.79 Å². The number of carbonyl (C=O) groups is 1. The second-order valence-electron chi connectivity index (χ2n) is 7.41. The summed E-state index contributed by atoms with van der Waals surface area (Å²) in [5.74, 6) is 1.33. The molecule has 0 bridgehead atoms. The number of hydrogen-bond donors (Lipinski definition) is 3. The maximum Gasteiger partial charge on any atom is 0.251 e. The van der Waals surface area contributed by atoms with E-state index in [1.165, 1.54) is 11.1 Å². The number of aliphatic imine (C=N–C) groups is 1. The Hall–Kier alpha value is -2.82. The predicted molar refractivity (Wildman–Crippen MR) is 117 cm³/mol. The van der Waals surface area contributed by atoms with E-state index in [9.17, 15) is 4.79 Å². The molecule has 0 aromatic heterocycles. The summed E-state index contributed by atoms with van der Waals surface area (Å²) in [7, 11) is 3.40. The van der Waals surface area contributed by atoms with Gasteiger partial charge in [0.2, 0.25) is 0 Å². The van der Waals surface area contributed by atoms with Crippen molar-refractivity contribution in [2.75, 3.05) is 14.1 Å². The molecule has 150 valence electrons. The standard InChI is InChI=1S/C23H32N4O/c1-16(2)14-18-6-10-20(11-7-18)17(3)27-23(25-5)26-15-19-8-12-21(13-9-19)22(28)24-4/h6-13,16-17H,14-15H2,1-5H3,(H,24,28)(H2,25,26,27). The molecule has 0 aliphatic rings. The van der Waals surface area contributed by atoms with Crippen molar-refractivity contribution in [1.82, 2.24) is 16.0 Å². The Morgan fingerprint density at radius 1 is 0.964 bits per heavy atom. The maximum atomic E-state index is 11.6. The largest absolute Gasteiger partial charge is 0.355 e. The first-order valence-corrected chi connectivity index (χ1v) is 9.80. The molecule has 0 aliphatic heterocycles. The van der Waals surface area contributed by atoms with E-state index >= 15 is 0 Å². The highest BCUT2D eigenvalue weighted by molar-refractivity contribution is 5.93. The van der Waals surface area contributed by atoms with E-state index in [0.29, 0.717) is 18.0 Å². The quantitative estimate of drug-likeness (QED) is 0.507. The lowest BCUT2D eigenvalue weighted by Gasteiger charge is -2.19. The van der Waals surface area contributed by atoms with Crippen LogP contribution in [0.15, 0.2) is 53.5 Å². The minimum atomic E-state index is -0.0785. The van der Waals surface area contributed by atoms with Crippen molar-refractivity contribution in [2.45, 2.75) is 39.8 Å². The first-order valence-electron chi connectivity index (χ1n) is 9.80. The van der Waals surface area contributed by atoms with Crippen molar-refractivity contribution in [2.24, 2.45) is 10.9 Å². The fraction of sp³-hybridized carbons (Fsp3) is 0.391. The van der Waals surface area contributed by atoms with E-state index < -0.39 is 0 Å². The number of amides is 1. The average Bonchev–Trinajstić information content (AvgIpc) is 2.70. The predicted octanol–water partition coefficient (Wildman–Crippen LogP) is 3.67. The minimum Gasteiger partial charge on any atom is -0.355 e. The molecule has 0 saturated heterocycles. The summed E-state index contributed by atoms with van der Waals surface area (Å²) in [6.45, 7) is 7.23. The van der Waals surface area contributed by atoms with Gasteiger partial charge in [-0.2, -0.15) is 0 Å². The monoisotopic (exact) mass is 380 g/mol. The Balaban J connectivity index is 1.90. The first kappa shape index (κ1) is 21.5. The van der Waals surface area contributed by atoms with Crippen LogP contribution in [0.4, 0.5) is 0 Å². The smallest absolute Gasteiger partial charge is 0.251 e. The highest BCUT2D eigenvalue weighted by Gasteiger charge is 2.09. The molecule has 0 spiro atoms. The molecule has 1 unspecified atom stereocenters. The molecule has 0 heterocycles. The normalized spacial score (nSPS) is 12.6. The van der Waals surface area contributed by atoms with Crippen LogP contribution in [0, 0.1) is 5.92 Å². The molecule has 5 heteroatoms. The summed E-state index contributed by atoms with van der Waals surface area (Å²) in [4.78, 5) is 15.9. The van der Waals surface area contributed by atoms with Gasteiger partial charge in [0.05, 0.1) is 6.04 Å². The summed E-state index contributed by atoms with van der Waals surface area (Å²) < 4.78 is 0. The molecular formula is C23H32N4O. The summed E-state index contributed by atoms with van der Waals surface area (Å²) in [5.41, 5.74) is 4.34. The molecule has 3 N–H and O–H groups in total. The van der Waals surface area contributed by atoms with E-state index in [2.05, 4.69) is 66.0 Å². The van der Waals surface area contributed by atoms with E-state index in [4.69, 9.17) is 0 Å². The fourth-order valence-corrected chi connectivity index (χ4v) is 3.00. The van der Waals surface area contributed by atoms with E-state index in [-0.39, 0.29) is 11.9 Å². The zero-order valence-corrected chi connectivity index (χ0v) is 17.5. The lowest BCUT2D eigenvalue weighted by atomic mass is 10.00. The summed E-state index contributed by atoms with van der Waals surface area (Å²) in [5, 5.41) is 9.38. The minimum absolute atomic E-state index is 0.0785. The molecule has 2 aromatic carbocycles. The molecule has 5 nitrogen and oxygen atoms in total. The zero-order valence-electron chi connectivity index (χ0n) is 17.5. The Kier molecular flexibility index (Phi) is 8.05. The van der Waals surface area contributed by atoms with Crippen LogP contribution >= 0.6 is 0 Å². The molecule has 2 aromatic rings. The van der Waals surface area contributed by atoms with Gasteiger partial charge >= 0.3 is 0 Å². The van der Waals surface area contributed by atoms with Crippen molar-refractivity contribution >= 4 is 11.9 Å². The van der Waals surface area contributed by atoms with Gasteiger partial charge in [0, 0.05) is 26.2 Å². The van der Waals surface area contributed by atoms with Gasteiger partial charge in [0.25, 0.3) is 5.91 Å². The molecule has 28 heavy (non-hydrogen) atoms. The Morgan fingerprint density at radius 2 is 1.57 bits per heavy atom. The molecule has 0 saturated carbocycles. The average molecular weight is 381 g/mol. The number of nitrogens with zero attached hydrogens (tertiary/aromatic N) is 1. The summed E-state index contributed by atoms with van der Waals surface area (Å²) in [6, 6.07) is 16.5. The lowest BCUT2D eigenvalue weighted by molar-refractivity contribution is 0.0963. The molecule has 1 amide bonds. The number of carbonyl (C=O) groups excluding carboxylic acids is 1. The molecular weight excluding hydrogens is 348 g/mol. The van der Waals surface area contributed by atoms with Gasteiger partial charge in [-0.25, -0.2) is 0 Å². The molecule has 0 fully saturated rings. The van der Waals surface area contributed by atoms with Crippen LogP contribution in [0.3, 0.4) is 0 Å². The molecule has 2 rings (SSSR count). The van der Waals surface area contributed by atoms with Gasteiger partial charge in [-0.15, -0.1) is 0 Å². The SMILES string of the molecule is CN=C(NCc1ccc(C(=O)NC)cc1)NC(C)c1ccc(CC(C)C)cc1. The third kappa shape index (κ3) is 6.41. The number of guanidine groups is 1. The van der Waals surface area contributed by atoms with E-state index in [1.807, 2.05) is 24.3 Å². The van der Waals surface area contributed by atoms with Crippen molar-refractivity contribution in [3.05, 3.63) is 70.8 Å². The number of benzene rings is 2. The van der Waals surface area contributed by atoms with E-state index in [1.54, 1.807) is 14.1 Å². The van der Waals surface area contributed by atoms with Gasteiger partial charge < -0.3 is 16.0 Å². The van der Waals surface area contributed by atoms with Gasteiger partial charge in [-0.1, -0.05) is 50.2 Å². The second-order valence-corrected chi connectivity index (χ2v) is 7.41. The van der Waals surface area contributed by atoms with Crippen LogP contribution in [0.5, 0.6) is 0 Å². The first-order chi connectivity index (χ1) is 13.4. The van der Waals surface area contributed by atoms with Crippen molar-refractivity contribution in [3.63, 3.8) is 0 Å². The van der Waals surface area contributed by atoms with Crippen LogP contribution < -0.4 is 16.0 Å². The number of rotatable bonds is 7. The second kappa shape index (κ2) is 10.5. The van der Waals surface area contributed by atoms with Crippen LogP contribution in [-0.4, -0.2) is 26.0 Å². The van der Waals surface area contributed by atoms with Crippen molar-refractivity contribution in [1.29, 1.82) is 0 Å². The van der Waals surface area contributed by atoms with Crippen LogP contribution in [0.2, 0.25) is 0 Å². The Bertz CT molecular complexity index is 779. The van der Waals surface area contributed by atoms with Crippen LogP contribution in [0.1, 0.15) is 53.9 Å². The van der Waals surface area contributed by atoms with Crippen molar-refractivity contribution in [3.8, 4) is 0 Å². The molecule has 1 atom stereocenters. The third-order valence-electron chi connectivity index (χ3n) is 4.60. The topological polar surface area (TPSA) is 65.5 Å². The third-order valence-corrected chi connectivity index (χ3v) is 4.60. The molecule has 0 aliphatic carbocycles. The number of nitrogens with one attached hydrogen (secondary N) is 3. The van der Waals surface area contributed by atoms with Gasteiger partial charge in [-0.05, 0) is 48.1 Å². The lowest BCUT2D eigenvalue weighted by Crippen LogP contribution is -2.38. The van der Waals surface area contributed by atoms with Crippen LogP contribution in [0.25, 0.3) is 0 Å². The highest BCUT2D eigenvalue weighted by Crippen LogP contribution is 2.15. The fourth-order valence-electron chi connectivity index (χ4n) is 3.00. The Labute approximate surface area is 168 Å². The van der Waals surface area contributed by atoms with E-state index in [0.717, 1.165) is 17.9 Å². The van der Waals surface area contributed by atoms with Gasteiger partial charge in [0.1, 0.15) is 0 Å². The van der Waals surface area contributed by atoms with Gasteiger partial charge in [0.15, 0.2) is 5.96 Å².